The molecule has 1 amide bonds. The second-order valence-corrected chi connectivity index (χ2v) is 9.44. The van der Waals surface area contributed by atoms with Gasteiger partial charge in [-0.15, -0.1) is 11.3 Å². The molecule has 1 aromatic carbocycles. The number of anilines is 1. The van der Waals surface area contributed by atoms with Crippen molar-refractivity contribution in [3.63, 3.8) is 0 Å². The fourth-order valence-electron chi connectivity index (χ4n) is 2.28. The summed E-state index contributed by atoms with van der Waals surface area (Å²) in [4.78, 5) is 16.6. The second-order valence-electron chi connectivity index (χ2n) is 6.97. The average Bonchev–Trinajstić information content (AvgIpc) is 3.23. The molecule has 0 aliphatic heterocycles. The van der Waals surface area contributed by atoms with E-state index in [1.54, 1.807) is 38.3 Å². The van der Waals surface area contributed by atoms with Crippen LogP contribution in [0.4, 0.5) is 9.52 Å². The SMILES string of the molecule is CC(C)(C)NS(=O)(=O)c1ccc(C(=O)Nc2nc(-c3ccc(F)cc3)cs2)o1. The summed E-state index contributed by atoms with van der Waals surface area (Å²) < 4.78 is 45.2. The number of benzene rings is 1. The molecular formula is C18H18FN3O4S2. The zero-order chi connectivity index (χ0) is 20.5. The highest BCUT2D eigenvalue weighted by atomic mass is 32.2. The van der Waals surface area contributed by atoms with Crippen LogP contribution >= 0.6 is 11.3 Å². The Kier molecular flexibility index (Phi) is 5.37. The molecule has 0 aliphatic carbocycles. The van der Waals surface area contributed by atoms with Crippen LogP contribution in [0.5, 0.6) is 0 Å². The molecule has 2 N–H and O–H groups in total. The molecule has 0 unspecified atom stereocenters. The average molecular weight is 423 g/mol. The number of nitrogens with zero attached hydrogens (tertiary/aromatic N) is 1. The molecule has 0 aliphatic rings. The summed E-state index contributed by atoms with van der Waals surface area (Å²) in [5.41, 5.74) is 0.598. The molecule has 3 rings (SSSR count). The van der Waals surface area contributed by atoms with E-state index in [1.165, 1.54) is 35.6 Å². The van der Waals surface area contributed by atoms with Crippen molar-refractivity contribution in [2.45, 2.75) is 31.4 Å². The summed E-state index contributed by atoms with van der Waals surface area (Å²) in [5, 5.41) is 4.23. The van der Waals surface area contributed by atoms with E-state index in [2.05, 4.69) is 15.0 Å². The zero-order valence-corrected chi connectivity index (χ0v) is 16.9. The van der Waals surface area contributed by atoms with Crippen molar-refractivity contribution in [3.8, 4) is 11.3 Å². The topological polar surface area (TPSA) is 101 Å². The van der Waals surface area contributed by atoms with Gasteiger partial charge in [-0.05, 0) is 57.2 Å². The van der Waals surface area contributed by atoms with Crippen LogP contribution in [0.25, 0.3) is 11.3 Å². The Morgan fingerprint density at radius 1 is 1.14 bits per heavy atom. The number of halogens is 1. The third-order valence-corrected chi connectivity index (χ3v) is 5.76. The van der Waals surface area contributed by atoms with Gasteiger partial charge in [0.15, 0.2) is 10.9 Å². The van der Waals surface area contributed by atoms with Gasteiger partial charge in [-0.1, -0.05) is 0 Å². The number of carbonyl (C=O) groups excluding carboxylic acids is 1. The number of hydrogen-bond donors (Lipinski definition) is 2. The van der Waals surface area contributed by atoms with Gasteiger partial charge in [0, 0.05) is 16.5 Å². The first-order valence-electron chi connectivity index (χ1n) is 8.20. The number of sulfonamides is 1. The minimum atomic E-state index is -3.88. The van der Waals surface area contributed by atoms with Crippen molar-refractivity contribution in [1.29, 1.82) is 0 Å². The molecule has 0 fully saturated rings. The van der Waals surface area contributed by atoms with E-state index in [0.717, 1.165) is 0 Å². The Bertz CT molecular complexity index is 1100. The Morgan fingerprint density at radius 3 is 2.46 bits per heavy atom. The molecule has 148 valence electrons. The van der Waals surface area contributed by atoms with Gasteiger partial charge >= 0.3 is 0 Å². The third-order valence-electron chi connectivity index (χ3n) is 3.38. The lowest BCUT2D eigenvalue weighted by Crippen LogP contribution is -2.40. The molecule has 10 heteroatoms. The normalized spacial score (nSPS) is 12.1. The summed E-state index contributed by atoms with van der Waals surface area (Å²) in [5.74, 6) is -1.14. The van der Waals surface area contributed by atoms with Crippen LogP contribution in [0.1, 0.15) is 31.3 Å². The van der Waals surface area contributed by atoms with E-state index >= 15 is 0 Å². The van der Waals surface area contributed by atoms with Crippen molar-refractivity contribution < 1.29 is 22.0 Å². The largest absolute Gasteiger partial charge is 0.438 e. The molecule has 0 atom stereocenters. The molecule has 28 heavy (non-hydrogen) atoms. The maximum Gasteiger partial charge on any atom is 0.293 e. The number of amides is 1. The van der Waals surface area contributed by atoms with Gasteiger partial charge in [-0.2, -0.15) is 0 Å². The van der Waals surface area contributed by atoms with Crippen molar-refractivity contribution in [2.24, 2.45) is 0 Å². The molecule has 2 heterocycles. The van der Waals surface area contributed by atoms with Crippen molar-refractivity contribution in [3.05, 3.63) is 53.4 Å². The van der Waals surface area contributed by atoms with Crippen LogP contribution < -0.4 is 10.0 Å². The molecule has 2 aromatic heterocycles. The van der Waals surface area contributed by atoms with E-state index < -0.39 is 21.5 Å². The summed E-state index contributed by atoms with van der Waals surface area (Å²) in [7, 11) is -3.88. The summed E-state index contributed by atoms with van der Waals surface area (Å²) in [6, 6.07) is 8.31. The first-order valence-corrected chi connectivity index (χ1v) is 10.6. The van der Waals surface area contributed by atoms with Crippen LogP contribution in [0, 0.1) is 5.82 Å². The number of thiazole rings is 1. The van der Waals surface area contributed by atoms with Gasteiger partial charge in [-0.25, -0.2) is 22.5 Å². The number of hydrogen-bond acceptors (Lipinski definition) is 6. The summed E-state index contributed by atoms with van der Waals surface area (Å²) in [6.07, 6.45) is 0. The van der Waals surface area contributed by atoms with Gasteiger partial charge in [0.1, 0.15) is 5.82 Å². The monoisotopic (exact) mass is 423 g/mol. The lowest BCUT2D eigenvalue weighted by atomic mass is 10.1. The zero-order valence-electron chi connectivity index (χ0n) is 15.3. The second kappa shape index (κ2) is 7.46. The van der Waals surface area contributed by atoms with Gasteiger partial charge in [0.05, 0.1) is 5.69 Å². The van der Waals surface area contributed by atoms with Gasteiger partial charge < -0.3 is 4.42 Å². The highest BCUT2D eigenvalue weighted by molar-refractivity contribution is 7.89. The van der Waals surface area contributed by atoms with E-state index in [-0.39, 0.29) is 16.7 Å². The number of rotatable bonds is 5. The smallest absolute Gasteiger partial charge is 0.293 e. The van der Waals surface area contributed by atoms with E-state index in [4.69, 9.17) is 4.42 Å². The van der Waals surface area contributed by atoms with Crippen LogP contribution in [0.15, 0.2) is 51.3 Å². The molecule has 3 aromatic rings. The molecule has 7 nitrogen and oxygen atoms in total. The Morgan fingerprint density at radius 2 is 1.82 bits per heavy atom. The van der Waals surface area contributed by atoms with Crippen molar-refractivity contribution >= 4 is 32.4 Å². The highest BCUT2D eigenvalue weighted by Crippen LogP contribution is 2.26. The van der Waals surface area contributed by atoms with E-state index in [1.807, 2.05) is 0 Å². The maximum atomic E-state index is 13.0. The van der Waals surface area contributed by atoms with E-state index in [0.29, 0.717) is 16.4 Å². The predicted molar refractivity (Wildman–Crippen MR) is 104 cm³/mol. The number of furan rings is 1. The first kappa shape index (κ1) is 20.2. The Labute approximate surface area is 165 Å². The summed E-state index contributed by atoms with van der Waals surface area (Å²) in [6.45, 7) is 5.09. The van der Waals surface area contributed by atoms with Crippen LogP contribution in [0.3, 0.4) is 0 Å². The molecular weight excluding hydrogens is 405 g/mol. The van der Waals surface area contributed by atoms with E-state index in [9.17, 15) is 17.6 Å². The number of aromatic nitrogens is 1. The first-order chi connectivity index (χ1) is 13.0. The molecule has 0 bridgehead atoms. The van der Waals surface area contributed by atoms with Crippen molar-refractivity contribution in [2.75, 3.05) is 5.32 Å². The quantitative estimate of drug-likeness (QED) is 0.649. The van der Waals surface area contributed by atoms with Crippen LogP contribution in [-0.2, 0) is 10.0 Å². The van der Waals surface area contributed by atoms with Gasteiger partial charge in [0.2, 0.25) is 5.09 Å². The molecule has 0 spiro atoms. The maximum absolute atomic E-state index is 13.0. The fourth-order valence-corrected chi connectivity index (χ4v) is 4.35. The lowest BCUT2D eigenvalue weighted by Gasteiger charge is -2.18. The minimum Gasteiger partial charge on any atom is -0.438 e. The Balaban J connectivity index is 1.73. The number of nitrogens with one attached hydrogen (secondary N) is 2. The summed E-state index contributed by atoms with van der Waals surface area (Å²) >= 11 is 1.18. The molecule has 0 radical (unpaired) electrons. The van der Waals surface area contributed by atoms with Crippen molar-refractivity contribution in [1.82, 2.24) is 9.71 Å². The minimum absolute atomic E-state index is 0.159. The van der Waals surface area contributed by atoms with Crippen LogP contribution in [0.2, 0.25) is 0 Å². The molecule has 0 saturated carbocycles. The molecule has 0 saturated heterocycles. The standard InChI is InChI=1S/C18H18FN3O4S2/c1-18(2,3)22-28(24,25)15-9-8-14(26-15)16(23)21-17-20-13(10-27-17)11-4-6-12(19)7-5-11/h4-10,22H,1-3H3,(H,20,21,23). The van der Waals surface area contributed by atoms with Gasteiger partial charge in [0.25, 0.3) is 15.9 Å². The van der Waals surface area contributed by atoms with Gasteiger partial charge in [-0.3, -0.25) is 10.1 Å². The lowest BCUT2D eigenvalue weighted by molar-refractivity contribution is 0.0991. The number of carbonyl (C=O) groups is 1. The predicted octanol–water partition coefficient (Wildman–Crippen LogP) is 3.87. The van der Waals surface area contributed by atoms with Crippen LogP contribution in [-0.4, -0.2) is 24.8 Å². The third kappa shape index (κ3) is 4.83. The highest BCUT2D eigenvalue weighted by Gasteiger charge is 2.26. The fraction of sp³-hybridized carbons (Fsp3) is 0.222. The Hall–Kier alpha value is -2.56.